The number of alkyl halides is 1. The maximum absolute atomic E-state index is 14.7. The van der Waals surface area contributed by atoms with Crippen LogP contribution in [0.25, 0.3) is 0 Å². The van der Waals surface area contributed by atoms with Crippen LogP contribution in [0.5, 0.6) is 0 Å². The molecule has 7 atom stereocenters. The molecular weight excluding hydrogens is 616 g/mol. The van der Waals surface area contributed by atoms with Gasteiger partial charge in [-0.25, -0.2) is 0 Å². The normalized spacial score (nSPS) is 30.6. The highest BCUT2D eigenvalue weighted by Gasteiger charge is 2.77. The van der Waals surface area contributed by atoms with Gasteiger partial charge in [0.15, 0.2) is 0 Å². The van der Waals surface area contributed by atoms with Crippen molar-refractivity contribution in [2.24, 2.45) is 11.8 Å². The summed E-state index contributed by atoms with van der Waals surface area (Å²) >= 11 is 3.74. The number of likely N-dealkylation sites (tertiary alicyclic amines) is 1. The molecule has 0 aliphatic carbocycles. The van der Waals surface area contributed by atoms with Crippen molar-refractivity contribution in [3.63, 3.8) is 0 Å². The zero-order valence-electron chi connectivity index (χ0n) is 24.9. The predicted octanol–water partition coefficient (Wildman–Crippen LogP) is 1.33. The molecule has 4 saturated heterocycles. The van der Waals surface area contributed by atoms with Gasteiger partial charge in [-0.2, -0.15) is 0 Å². The Hall–Kier alpha value is -2.57. The number of nitrogens with zero attached hydrogens (tertiary/aromatic N) is 4. The molecule has 234 valence electrons. The Morgan fingerprint density at radius 3 is 2.51 bits per heavy atom. The molecule has 5 rings (SSSR count). The van der Waals surface area contributed by atoms with E-state index in [1.54, 1.807) is 33.9 Å². The highest BCUT2D eigenvalue weighted by Crippen LogP contribution is 2.60. The fourth-order valence-electron chi connectivity index (χ4n) is 7.40. The van der Waals surface area contributed by atoms with E-state index in [2.05, 4.69) is 34.0 Å². The average Bonchev–Trinajstić information content (AvgIpc) is 3.61. The van der Waals surface area contributed by atoms with Gasteiger partial charge in [0.1, 0.15) is 11.6 Å². The van der Waals surface area contributed by atoms with E-state index in [1.165, 1.54) is 0 Å². The minimum atomic E-state index is -1.20. The van der Waals surface area contributed by atoms with Crippen LogP contribution in [0.2, 0.25) is 0 Å². The van der Waals surface area contributed by atoms with Gasteiger partial charge in [-0.1, -0.05) is 58.4 Å². The van der Waals surface area contributed by atoms with Crippen LogP contribution in [0, 0.1) is 11.8 Å². The third-order valence-electron chi connectivity index (χ3n) is 9.39. The summed E-state index contributed by atoms with van der Waals surface area (Å²) in [6.07, 6.45) is 3.56. The van der Waals surface area contributed by atoms with E-state index in [9.17, 15) is 19.5 Å². The molecule has 3 amide bonds. The van der Waals surface area contributed by atoms with Gasteiger partial charge in [-0.05, 0) is 18.4 Å². The molecule has 4 heterocycles. The predicted molar refractivity (Wildman–Crippen MR) is 165 cm³/mol. The van der Waals surface area contributed by atoms with E-state index >= 15 is 0 Å². The SMILES string of the molecule is C=CCN(C)C(=O)[C@H]1[C@@H]2OC3(CC2Br)C(C(=O)N(CC=C)CCN2CCOCC2)N([C@@H](CO)Cc2ccccc2)C(=O)[C@H]13. The van der Waals surface area contributed by atoms with Gasteiger partial charge in [0.2, 0.25) is 17.7 Å². The number of amides is 3. The molecule has 11 heteroatoms. The van der Waals surface area contributed by atoms with Crippen molar-refractivity contribution in [1.29, 1.82) is 0 Å². The first-order valence-corrected chi connectivity index (χ1v) is 16.0. The Kier molecular flexibility index (Phi) is 10.1. The van der Waals surface area contributed by atoms with Crippen LogP contribution in [0.15, 0.2) is 55.6 Å². The molecule has 2 bridgehead atoms. The number of aliphatic hydroxyl groups is 1. The minimum Gasteiger partial charge on any atom is -0.394 e. The summed E-state index contributed by atoms with van der Waals surface area (Å²) in [6, 6.07) is 7.95. The summed E-state index contributed by atoms with van der Waals surface area (Å²) < 4.78 is 12.2. The van der Waals surface area contributed by atoms with Crippen molar-refractivity contribution >= 4 is 33.7 Å². The van der Waals surface area contributed by atoms with Gasteiger partial charge in [-0.15, -0.1) is 13.2 Å². The summed E-state index contributed by atoms with van der Waals surface area (Å²) in [4.78, 5) is 50.0. The number of benzene rings is 1. The molecular formula is C32H43BrN4O6. The van der Waals surface area contributed by atoms with Gasteiger partial charge in [-0.3, -0.25) is 19.3 Å². The number of rotatable bonds is 13. The number of halogens is 1. The first-order chi connectivity index (χ1) is 20.8. The third kappa shape index (κ3) is 5.94. The molecule has 1 aromatic carbocycles. The van der Waals surface area contributed by atoms with Crippen molar-refractivity contribution in [3.8, 4) is 0 Å². The zero-order valence-corrected chi connectivity index (χ0v) is 26.4. The summed E-state index contributed by atoms with van der Waals surface area (Å²) in [5, 5.41) is 10.7. The lowest BCUT2D eigenvalue weighted by Crippen LogP contribution is -2.60. The van der Waals surface area contributed by atoms with E-state index in [0.29, 0.717) is 52.2 Å². The maximum atomic E-state index is 14.7. The summed E-state index contributed by atoms with van der Waals surface area (Å²) in [5.74, 6) is -2.36. The second-order valence-corrected chi connectivity index (χ2v) is 13.1. The summed E-state index contributed by atoms with van der Waals surface area (Å²) in [5.41, 5.74) is -0.266. The first kappa shape index (κ1) is 31.8. The van der Waals surface area contributed by atoms with Gasteiger partial charge < -0.3 is 29.3 Å². The molecule has 4 aliphatic rings. The lowest BCUT2D eigenvalue weighted by atomic mass is 9.70. The number of fused-ring (bicyclic) bond motifs is 1. The smallest absolute Gasteiger partial charge is 0.248 e. The molecule has 4 fully saturated rings. The fourth-order valence-corrected chi connectivity index (χ4v) is 8.35. The Morgan fingerprint density at radius 1 is 1.16 bits per heavy atom. The number of hydrogen-bond acceptors (Lipinski definition) is 7. The van der Waals surface area contributed by atoms with Gasteiger partial charge in [0.25, 0.3) is 0 Å². The average molecular weight is 660 g/mol. The Bertz CT molecular complexity index is 1200. The number of aliphatic hydroxyl groups excluding tert-OH is 1. The van der Waals surface area contributed by atoms with Crippen LogP contribution < -0.4 is 0 Å². The Morgan fingerprint density at radius 2 is 1.86 bits per heavy atom. The molecule has 1 aromatic rings. The number of carbonyl (C=O) groups excluding carboxylic acids is 3. The van der Waals surface area contributed by atoms with E-state index < -0.39 is 35.6 Å². The lowest BCUT2D eigenvalue weighted by molar-refractivity contribution is -0.151. The first-order valence-electron chi connectivity index (χ1n) is 15.1. The molecule has 3 unspecified atom stereocenters. The molecule has 1 N–H and O–H groups in total. The van der Waals surface area contributed by atoms with Crippen molar-refractivity contribution in [3.05, 3.63) is 61.2 Å². The largest absolute Gasteiger partial charge is 0.394 e. The number of ether oxygens (including phenoxy) is 2. The topological polar surface area (TPSA) is 103 Å². The molecule has 43 heavy (non-hydrogen) atoms. The van der Waals surface area contributed by atoms with Gasteiger partial charge >= 0.3 is 0 Å². The van der Waals surface area contributed by atoms with Crippen molar-refractivity contribution in [1.82, 2.24) is 19.6 Å². The number of morpholine rings is 1. The standard InChI is InChI=1S/C32H43BrN4O6/c1-4-11-34(3)29(39)25-26-30(40)37(23(21-38)19-22-9-7-6-8-10-22)28(32(26)20-24(33)27(25)43-32)31(41)36(12-5-2)14-13-35-15-17-42-18-16-35/h4-10,23-28,38H,1-2,11-21H2,3H3/t23-,24?,25-,26+,27-,28?,32?/m1/s1. The molecule has 0 radical (unpaired) electrons. The number of hydrogen-bond donors (Lipinski definition) is 1. The lowest BCUT2D eigenvalue weighted by Gasteiger charge is -2.40. The fraction of sp³-hybridized carbons (Fsp3) is 0.594. The van der Waals surface area contributed by atoms with Crippen molar-refractivity contribution in [2.75, 3.05) is 66.1 Å². The summed E-state index contributed by atoms with van der Waals surface area (Å²) in [7, 11) is 1.69. The van der Waals surface area contributed by atoms with Crippen molar-refractivity contribution in [2.45, 2.75) is 41.5 Å². The van der Waals surface area contributed by atoms with E-state index in [4.69, 9.17) is 9.47 Å². The van der Waals surface area contributed by atoms with Gasteiger partial charge in [0, 0.05) is 51.1 Å². The molecule has 10 nitrogen and oxygen atoms in total. The van der Waals surface area contributed by atoms with Crippen LogP contribution >= 0.6 is 15.9 Å². The maximum Gasteiger partial charge on any atom is 0.248 e. The van der Waals surface area contributed by atoms with Gasteiger partial charge in [0.05, 0.1) is 43.8 Å². The third-order valence-corrected chi connectivity index (χ3v) is 10.2. The highest BCUT2D eigenvalue weighted by molar-refractivity contribution is 9.09. The number of carbonyl (C=O) groups is 3. The van der Waals surface area contributed by atoms with Crippen LogP contribution in [0.4, 0.5) is 0 Å². The van der Waals surface area contributed by atoms with Crippen LogP contribution in [0.1, 0.15) is 12.0 Å². The minimum absolute atomic E-state index is 0.207. The molecule has 1 spiro atoms. The van der Waals surface area contributed by atoms with Crippen LogP contribution in [-0.2, 0) is 30.3 Å². The quantitative estimate of drug-likeness (QED) is 0.252. The van der Waals surface area contributed by atoms with E-state index in [-0.39, 0.29) is 29.2 Å². The second kappa shape index (κ2) is 13.6. The molecule has 0 saturated carbocycles. The van der Waals surface area contributed by atoms with E-state index in [1.807, 2.05) is 30.3 Å². The van der Waals surface area contributed by atoms with E-state index in [0.717, 1.165) is 18.7 Å². The summed E-state index contributed by atoms with van der Waals surface area (Å²) in [6.45, 7) is 11.9. The van der Waals surface area contributed by atoms with Crippen LogP contribution in [-0.4, -0.2) is 137 Å². The Balaban J connectivity index is 1.53. The molecule has 4 aliphatic heterocycles. The Labute approximate surface area is 262 Å². The zero-order chi connectivity index (χ0) is 30.7. The number of likely N-dealkylation sites (N-methyl/N-ethyl adjacent to an activating group) is 1. The highest BCUT2D eigenvalue weighted by atomic mass is 79.9. The monoisotopic (exact) mass is 658 g/mol. The van der Waals surface area contributed by atoms with Crippen molar-refractivity contribution < 1.29 is 29.0 Å². The van der Waals surface area contributed by atoms with Crippen LogP contribution in [0.3, 0.4) is 0 Å². The molecule has 0 aromatic heterocycles. The second-order valence-electron chi connectivity index (χ2n) is 12.0.